The third kappa shape index (κ3) is 6.35. The summed E-state index contributed by atoms with van der Waals surface area (Å²) in [4.78, 5) is 0.374. The Balaban J connectivity index is 2.64. The lowest BCUT2D eigenvalue weighted by Crippen LogP contribution is -2.25. The van der Waals surface area contributed by atoms with Crippen LogP contribution in [0.4, 0.5) is 0 Å². The minimum absolute atomic E-state index is 0.134. The van der Waals surface area contributed by atoms with Crippen LogP contribution in [0.2, 0.25) is 0 Å². The zero-order chi connectivity index (χ0) is 15.9. The van der Waals surface area contributed by atoms with Gasteiger partial charge >= 0.3 is 0 Å². The van der Waals surface area contributed by atoms with Gasteiger partial charge in [0.05, 0.1) is 11.0 Å². The zero-order valence-corrected chi connectivity index (χ0v) is 14.7. The number of hydrogen-bond donors (Lipinski definition) is 0. The Bertz CT molecular complexity index is 462. The van der Waals surface area contributed by atoms with Gasteiger partial charge in [-0.1, -0.05) is 38.3 Å². The maximum atomic E-state index is 12.3. The fourth-order valence-electron chi connectivity index (χ4n) is 2.80. The first-order valence-corrected chi connectivity index (χ1v) is 9.57. The van der Waals surface area contributed by atoms with Gasteiger partial charge in [0.15, 0.2) is 0 Å². The Morgan fingerprint density at radius 2 is 1.71 bits per heavy atom. The van der Waals surface area contributed by atoms with E-state index in [2.05, 4.69) is 6.92 Å². The Labute approximate surface area is 130 Å². The average molecular weight is 314 g/mol. The molecule has 1 aliphatic carbocycles. The Morgan fingerprint density at radius 1 is 1.10 bits per heavy atom. The molecule has 3 nitrogen and oxygen atoms in total. The maximum absolute atomic E-state index is 12.3. The highest BCUT2D eigenvalue weighted by Crippen LogP contribution is 2.31. The second kappa shape index (κ2) is 8.74. The van der Waals surface area contributed by atoms with Crippen molar-refractivity contribution in [3.63, 3.8) is 0 Å². The summed E-state index contributed by atoms with van der Waals surface area (Å²) in [5.41, 5.74) is 1.08. The summed E-state index contributed by atoms with van der Waals surface area (Å²) in [7, 11) is -3.58. The van der Waals surface area contributed by atoms with Crippen LogP contribution in [0.3, 0.4) is 0 Å². The van der Waals surface area contributed by atoms with Crippen LogP contribution < -0.4 is 0 Å². The molecule has 0 atom stereocenters. The molecular weight excluding hydrogens is 284 g/mol. The van der Waals surface area contributed by atoms with Crippen molar-refractivity contribution in [1.82, 2.24) is 0 Å². The molecule has 1 aliphatic rings. The van der Waals surface area contributed by atoms with E-state index in [1.807, 2.05) is 26.8 Å². The van der Waals surface area contributed by atoms with Gasteiger partial charge < -0.3 is 0 Å². The van der Waals surface area contributed by atoms with E-state index in [-0.39, 0.29) is 6.10 Å². The lowest BCUT2D eigenvalue weighted by molar-refractivity contribution is 0.136. The summed E-state index contributed by atoms with van der Waals surface area (Å²) in [6.07, 6.45) is 10.2. The van der Waals surface area contributed by atoms with Gasteiger partial charge in [-0.05, 0) is 57.9 Å². The van der Waals surface area contributed by atoms with Crippen LogP contribution in [0.5, 0.6) is 0 Å². The van der Waals surface area contributed by atoms with E-state index in [4.69, 9.17) is 4.18 Å². The molecule has 0 unspecified atom stereocenters. The summed E-state index contributed by atoms with van der Waals surface area (Å²) in [6.45, 7) is 7.96. The van der Waals surface area contributed by atoms with E-state index >= 15 is 0 Å². The van der Waals surface area contributed by atoms with Gasteiger partial charge in [-0.3, -0.25) is 4.18 Å². The Hall–Kier alpha value is -0.610. The molecule has 0 aromatic heterocycles. The minimum atomic E-state index is -3.58. The van der Waals surface area contributed by atoms with Crippen molar-refractivity contribution in [2.75, 3.05) is 0 Å². The van der Waals surface area contributed by atoms with Gasteiger partial charge in [0.25, 0.3) is 10.1 Å². The van der Waals surface area contributed by atoms with E-state index in [1.165, 1.54) is 12.8 Å². The number of allylic oxidation sites excluding steroid dienone is 4. The molecule has 21 heavy (non-hydrogen) atoms. The SMILES string of the molecule is CCC[C@H]1CC[C@@H](OS(=O)(=O)/C(=C/C=C(C)C)CC)CC1. The van der Waals surface area contributed by atoms with Crippen molar-refractivity contribution in [3.8, 4) is 0 Å². The molecule has 1 rings (SSSR count). The third-order valence-electron chi connectivity index (χ3n) is 4.03. The first-order chi connectivity index (χ1) is 9.89. The summed E-state index contributed by atoms with van der Waals surface area (Å²) in [5, 5.41) is 0. The van der Waals surface area contributed by atoms with Crippen molar-refractivity contribution >= 4 is 10.1 Å². The standard InChI is InChI=1S/C17H30O3S/c1-5-7-15-9-11-16(12-10-15)20-21(18,19)17(6-2)13-8-14(3)4/h8,13,15-16H,5-7,9-12H2,1-4H3/b17-13+/t15-,16+. The highest BCUT2D eigenvalue weighted by atomic mass is 32.2. The number of hydrogen-bond acceptors (Lipinski definition) is 3. The lowest BCUT2D eigenvalue weighted by atomic mass is 9.85. The second-order valence-electron chi connectivity index (χ2n) is 6.21. The van der Waals surface area contributed by atoms with E-state index in [9.17, 15) is 8.42 Å². The maximum Gasteiger partial charge on any atom is 0.293 e. The molecule has 0 saturated heterocycles. The summed E-state index contributed by atoms with van der Waals surface area (Å²) < 4.78 is 30.1. The van der Waals surface area contributed by atoms with E-state index < -0.39 is 10.1 Å². The molecule has 122 valence electrons. The summed E-state index contributed by atoms with van der Waals surface area (Å²) in [5.74, 6) is 0.754. The molecule has 0 aromatic rings. The van der Waals surface area contributed by atoms with Crippen LogP contribution in [0.1, 0.15) is 72.6 Å². The number of rotatable bonds is 7. The normalized spacial score (nSPS) is 23.9. The Kier molecular flexibility index (Phi) is 7.67. The molecule has 0 spiro atoms. The van der Waals surface area contributed by atoms with Crippen molar-refractivity contribution < 1.29 is 12.6 Å². The topological polar surface area (TPSA) is 43.4 Å². The van der Waals surface area contributed by atoms with Crippen LogP contribution >= 0.6 is 0 Å². The van der Waals surface area contributed by atoms with Crippen LogP contribution in [0.15, 0.2) is 22.6 Å². The predicted molar refractivity (Wildman–Crippen MR) is 88.5 cm³/mol. The fraction of sp³-hybridized carbons (Fsp3) is 0.765. The van der Waals surface area contributed by atoms with Crippen LogP contribution in [0, 0.1) is 5.92 Å². The smallest absolute Gasteiger partial charge is 0.263 e. The molecule has 0 amide bonds. The third-order valence-corrected chi connectivity index (χ3v) is 5.62. The molecule has 0 aromatic carbocycles. The van der Waals surface area contributed by atoms with Crippen LogP contribution in [-0.2, 0) is 14.3 Å². The molecule has 1 fully saturated rings. The van der Waals surface area contributed by atoms with Crippen molar-refractivity contribution in [2.45, 2.75) is 78.7 Å². The first kappa shape index (κ1) is 18.4. The summed E-state index contributed by atoms with van der Waals surface area (Å²) >= 11 is 0. The molecule has 1 saturated carbocycles. The van der Waals surface area contributed by atoms with Crippen LogP contribution in [-0.4, -0.2) is 14.5 Å². The van der Waals surface area contributed by atoms with Crippen molar-refractivity contribution in [3.05, 3.63) is 22.6 Å². The lowest BCUT2D eigenvalue weighted by Gasteiger charge is -2.28. The molecule has 0 radical (unpaired) electrons. The first-order valence-electron chi connectivity index (χ1n) is 8.16. The monoisotopic (exact) mass is 314 g/mol. The van der Waals surface area contributed by atoms with Gasteiger partial charge in [0, 0.05) is 0 Å². The van der Waals surface area contributed by atoms with E-state index in [0.29, 0.717) is 11.3 Å². The van der Waals surface area contributed by atoms with Gasteiger partial charge in [-0.25, -0.2) is 0 Å². The summed E-state index contributed by atoms with van der Waals surface area (Å²) in [6, 6.07) is 0. The zero-order valence-electron chi connectivity index (χ0n) is 13.9. The minimum Gasteiger partial charge on any atom is -0.263 e. The van der Waals surface area contributed by atoms with Gasteiger partial charge in [0.2, 0.25) is 0 Å². The predicted octanol–water partition coefficient (Wildman–Crippen LogP) is 4.95. The van der Waals surface area contributed by atoms with E-state index in [1.54, 1.807) is 6.08 Å². The molecular formula is C17H30O3S. The van der Waals surface area contributed by atoms with Gasteiger partial charge in [0.1, 0.15) is 0 Å². The van der Waals surface area contributed by atoms with Crippen LogP contribution in [0.25, 0.3) is 0 Å². The quantitative estimate of drug-likeness (QED) is 0.493. The second-order valence-corrected chi connectivity index (χ2v) is 7.84. The Morgan fingerprint density at radius 3 is 2.19 bits per heavy atom. The van der Waals surface area contributed by atoms with Gasteiger partial charge in [-0.15, -0.1) is 0 Å². The molecule has 0 bridgehead atoms. The molecule has 0 aliphatic heterocycles. The highest BCUT2D eigenvalue weighted by Gasteiger charge is 2.27. The van der Waals surface area contributed by atoms with Crippen molar-refractivity contribution in [2.24, 2.45) is 5.92 Å². The molecule has 0 N–H and O–H groups in total. The van der Waals surface area contributed by atoms with Crippen molar-refractivity contribution in [1.29, 1.82) is 0 Å². The average Bonchev–Trinajstić information content (AvgIpc) is 2.41. The highest BCUT2D eigenvalue weighted by molar-refractivity contribution is 7.90. The molecule has 4 heteroatoms. The van der Waals surface area contributed by atoms with Gasteiger partial charge in [-0.2, -0.15) is 8.42 Å². The fourth-order valence-corrected chi connectivity index (χ4v) is 4.07. The largest absolute Gasteiger partial charge is 0.293 e. The van der Waals surface area contributed by atoms with E-state index in [0.717, 1.165) is 37.2 Å². The molecule has 0 heterocycles.